The van der Waals surface area contributed by atoms with Gasteiger partial charge in [-0.2, -0.15) is 0 Å². The molecule has 1 aromatic rings. The number of hydrogen-bond donors (Lipinski definition) is 1. The molecular formula is C18H30N2. The molecule has 1 aliphatic carbocycles. The van der Waals surface area contributed by atoms with Crippen molar-refractivity contribution in [3.63, 3.8) is 0 Å². The first-order chi connectivity index (χ1) is 9.61. The lowest BCUT2D eigenvalue weighted by molar-refractivity contribution is 0.643. The van der Waals surface area contributed by atoms with E-state index in [1.807, 2.05) is 0 Å². The number of nitrogens with zero attached hydrogens (tertiary/aromatic N) is 1. The molecule has 0 aliphatic heterocycles. The van der Waals surface area contributed by atoms with Gasteiger partial charge in [-0.25, -0.2) is 0 Å². The third-order valence-electron chi connectivity index (χ3n) is 4.18. The van der Waals surface area contributed by atoms with Gasteiger partial charge in [0.1, 0.15) is 0 Å². The molecule has 0 amide bonds. The van der Waals surface area contributed by atoms with E-state index in [4.69, 9.17) is 0 Å². The molecule has 112 valence electrons. The molecule has 0 atom stereocenters. The zero-order valence-corrected chi connectivity index (χ0v) is 13.6. The maximum atomic E-state index is 3.49. The highest BCUT2D eigenvalue weighted by Gasteiger charge is 2.25. The van der Waals surface area contributed by atoms with E-state index in [-0.39, 0.29) is 0 Å². The normalized spacial score (nSPS) is 14.8. The Balaban J connectivity index is 2.05. The van der Waals surface area contributed by atoms with E-state index < -0.39 is 0 Å². The molecule has 0 unspecified atom stereocenters. The van der Waals surface area contributed by atoms with Crippen LogP contribution in [-0.2, 0) is 6.54 Å². The van der Waals surface area contributed by atoms with Crippen LogP contribution in [0.2, 0.25) is 0 Å². The van der Waals surface area contributed by atoms with E-state index in [1.165, 1.54) is 42.6 Å². The minimum Gasteiger partial charge on any atom is -0.369 e. The number of hydrogen-bond acceptors (Lipinski definition) is 2. The summed E-state index contributed by atoms with van der Waals surface area (Å²) in [6.07, 6.45) is 4.03. The van der Waals surface area contributed by atoms with Crippen LogP contribution in [0, 0.1) is 12.8 Å². The van der Waals surface area contributed by atoms with E-state index >= 15 is 0 Å². The number of nitrogens with one attached hydrogen (secondary N) is 1. The molecule has 0 spiro atoms. The molecule has 1 aliphatic rings. The van der Waals surface area contributed by atoms with Crippen LogP contribution in [-0.4, -0.2) is 19.1 Å². The third kappa shape index (κ3) is 4.24. The van der Waals surface area contributed by atoms with Gasteiger partial charge in [0.05, 0.1) is 0 Å². The quantitative estimate of drug-likeness (QED) is 0.717. The van der Waals surface area contributed by atoms with Crippen LogP contribution in [0.3, 0.4) is 0 Å². The van der Waals surface area contributed by atoms with Crippen LogP contribution < -0.4 is 10.2 Å². The Hall–Kier alpha value is -1.02. The van der Waals surface area contributed by atoms with Crippen LogP contribution in [0.5, 0.6) is 0 Å². The predicted molar refractivity (Wildman–Crippen MR) is 88.4 cm³/mol. The summed E-state index contributed by atoms with van der Waals surface area (Å²) >= 11 is 0. The van der Waals surface area contributed by atoms with Crippen molar-refractivity contribution in [2.45, 2.75) is 59.5 Å². The fourth-order valence-electron chi connectivity index (χ4n) is 2.65. The van der Waals surface area contributed by atoms with Gasteiger partial charge in [0, 0.05) is 24.8 Å². The first-order valence-corrected chi connectivity index (χ1v) is 8.18. The van der Waals surface area contributed by atoms with Crippen molar-refractivity contribution < 1.29 is 0 Å². The summed E-state index contributed by atoms with van der Waals surface area (Å²) < 4.78 is 0. The van der Waals surface area contributed by atoms with Crippen molar-refractivity contribution in [1.29, 1.82) is 0 Å². The van der Waals surface area contributed by atoms with Gasteiger partial charge in [-0.3, -0.25) is 0 Å². The Morgan fingerprint density at radius 2 is 2.05 bits per heavy atom. The Morgan fingerprint density at radius 3 is 2.60 bits per heavy atom. The fraction of sp³-hybridized carbons (Fsp3) is 0.667. The largest absolute Gasteiger partial charge is 0.369 e. The summed E-state index contributed by atoms with van der Waals surface area (Å²) in [7, 11) is 0. The van der Waals surface area contributed by atoms with E-state index in [1.54, 1.807) is 0 Å². The molecule has 2 heteroatoms. The number of rotatable bonds is 8. The minimum atomic E-state index is 0.582. The topological polar surface area (TPSA) is 15.3 Å². The third-order valence-corrected chi connectivity index (χ3v) is 4.18. The summed E-state index contributed by atoms with van der Waals surface area (Å²) in [5.74, 6) is 0.934. The van der Waals surface area contributed by atoms with Crippen LogP contribution >= 0.6 is 0 Å². The highest BCUT2D eigenvalue weighted by Crippen LogP contribution is 2.32. The van der Waals surface area contributed by atoms with Gasteiger partial charge in [0.15, 0.2) is 0 Å². The zero-order chi connectivity index (χ0) is 14.5. The lowest BCUT2D eigenvalue weighted by atomic mass is 10.1. The fourth-order valence-corrected chi connectivity index (χ4v) is 2.65. The average molecular weight is 274 g/mol. The smallest absolute Gasteiger partial charge is 0.0371 e. The number of benzene rings is 1. The second kappa shape index (κ2) is 7.12. The van der Waals surface area contributed by atoms with Crippen molar-refractivity contribution in [1.82, 2.24) is 5.32 Å². The Bertz CT molecular complexity index is 421. The molecule has 0 aromatic heterocycles. The summed E-state index contributed by atoms with van der Waals surface area (Å²) in [5, 5.41) is 3.49. The van der Waals surface area contributed by atoms with Crippen molar-refractivity contribution in [2.75, 3.05) is 18.0 Å². The molecule has 2 rings (SSSR count). The first kappa shape index (κ1) is 15.4. The molecule has 0 heterocycles. The van der Waals surface area contributed by atoms with E-state index in [0.29, 0.717) is 6.04 Å². The molecular weight excluding hydrogens is 244 g/mol. The molecule has 20 heavy (non-hydrogen) atoms. The Morgan fingerprint density at radius 1 is 1.30 bits per heavy atom. The highest BCUT2D eigenvalue weighted by molar-refractivity contribution is 5.51. The predicted octanol–water partition coefficient (Wildman–Crippen LogP) is 4.12. The van der Waals surface area contributed by atoms with Crippen molar-refractivity contribution >= 4 is 5.69 Å². The average Bonchev–Trinajstić information content (AvgIpc) is 3.22. The molecule has 1 aromatic carbocycles. The van der Waals surface area contributed by atoms with Crippen molar-refractivity contribution in [3.8, 4) is 0 Å². The second-order valence-electron chi connectivity index (χ2n) is 6.48. The Labute approximate surface area is 124 Å². The van der Waals surface area contributed by atoms with Crippen molar-refractivity contribution in [2.24, 2.45) is 5.92 Å². The lowest BCUT2D eigenvalue weighted by Crippen LogP contribution is -2.32. The molecule has 0 radical (unpaired) electrons. The zero-order valence-electron chi connectivity index (χ0n) is 13.6. The molecule has 0 bridgehead atoms. The van der Waals surface area contributed by atoms with Gasteiger partial charge in [-0.1, -0.05) is 13.0 Å². The molecule has 0 saturated heterocycles. The van der Waals surface area contributed by atoms with Crippen molar-refractivity contribution in [3.05, 3.63) is 29.3 Å². The maximum Gasteiger partial charge on any atom is 0.0371 e. The summed E-state index contributed by atoms with van der Waals surface area (Å²) in [4.78, 5) is 2.56. The van der Waals surface area contributed by atoms with Crippen LogP contribution in [0.15, 0.2) is 18.2 Å². The van der Waals surface area contributed by atoms with E-state index in [9.17, 15) is 0 Å². The Kier molecular flexibility index (Phi) is 5.47. The first-order valence-electron chi connectivity index (χ1n) is 8.18. The standard InChI is InChI=1S/C18H30N2/c1-5-10-19-12-17-8-9-18(11-15(17)4)20(14(2)3)13-16-6-7-16/h8-9,11,14,16,19H,5-7,10,12-13H2,1-4H3. The van der Waals surface area contributed by atoms with Gasteiger partial charge in [0.2, 0.25) is 0 Å². The van der Waals surface area contributed by atoms with Gasteiger partial charge in [-0.05, 0) is 75.8 Å². The lowest BCUT2D eigenvalue weighted by Gasteiger charge is -2.30. The molecule has 1 saturated carbocycles. The van der Waals surface area contributed by atoms with E-state index in [0.717, 1.165) is 19.0 Å². The van der Waals surface area contributed by atoms with Crippen LogP contribution in [0.1, 0.15) is 51.2 Å². The highest BCUT2D eigenvalue weighted by atomic mass is 15.2. The van der Waals surface area contributed by atoms with Crippen LogP contribution in [0.4, 0.5) is 5.69 Å². The summed E-state index contributed by atoms with van der Waals surface area (Å²) in [6.45, 7) is 12.4. The van der Waals surface area contributed by atoms with Gasteiger partial charge in [-0.15, -0.1) is 0 Å². The monoisotopic (exact) mass is 274 g/mol. The molecule has 1 N–H and O–H groups in total. The maximum absolute atomic E-state index is 3.49. The number of aryl methyl sites for hydroxylation is 1. The minimum absolute atomic E-state index is 0.582. The molecule has 2 nitrogen and oxygen atoms in total. The van der Waals surface area contributed by atoms with Crippen LogP contribution in [0.25, 0.3) is 0 Å². The van der Waals surface area contributed by atoms with E-state index in [2.05, 4.69) is 56.1 Å². The van der Waals surface area contributed by atoms with Gasteiger partial charge >= 0.3 is 0 Å². The second-order valence-corrected chi connectivity index (χ2v) is 6.48. The van der Waals surface area contributed by atoms with Gasteiger partial charge in [0.25, 0.3) is 0 Å². The van der Waals surface area contributed by atoms with Gasteiger partial charge < -0.3 is 10.2 Å². The summed E-state index contributed by atoms with van der Waals surface area (Å²) in [6, 6.07) is 7.55. The summed E-state index contributed by atoms with van der Waals surface area (Å²) in [5.41, 5.74) is 4.23. The molecule has 1 fully saturated rings. The SMILES string of the molecule is CCCNCc1ccc(N(CC2CC2)C(C)C)cc1C. The number of anilines is 1.